The lowest BCUT2D eigenvalue weighted by molar-refractivity contribution is -0.119. The summed E-state index contributed by atoms with van der Waals surface area (Å²) in [6.45, 7) is 2.35. The maximum absolute atomic E-state index is 12.9. The van der Waals surface area contributed by atoms with Crippen LogP contribution in [-0.4, -0.2) is 71.7 Å². The Bertz CT molecular complexity index is 1130. The van der Waals surface area contributed by atoms with Crippen molar-refractivity contribution in [3.8, 4) is 11.5 Å². The van der Waals surface area contributed by atoms with Gasteiger partial charge in [-0.3, -0.25) is 4.79 Å². The Balaban J connectivity index is 1.68. The van der Waals surface area contributed by atoms with Crippen molar-refractivity contribution in [2.24, 2.45) is 0 Å². The van der Waals surface area contributed by atoms with Crippen molar-refractivity contribution in [1.29, 1.82) is 0 Å². The van der Waals surface area contributed by atoms with Gasteiger partial charge in [-0.25, -0.2) is 13.2 Å². The molecule has 3 rings (SSSR count). The first-order valence-corrected chi connectivity index (χ1v) is 11.6. The monoisotopic (exact) mass is 478 g/mol. The molecule has 10 nitrogen and oxygen atoms in total. The minimum absolute atomic E-state index is 0.0587. The molecule has 1 aliphatic rings. The van der Waals surface area contributed by atoms with Gasteiger partial charge in [0.15, 0.2) is 18.1 Å². The molecule has 11 heteroatoms. The van der Waals surface area contributed by atoms with Crippen LogP contribution in [0.1, 0.15) is 15.9 Å². The van der Waals surface area contributed by atoms with Crippen molar-refractivity contribution in [3.05, 3.63) is 47.5 Å². The van der Waals surface area contributed by atoms with Crippen molar-refractivity contribution < 1.29 is 37.0 Å². The fraction of sp³-hybridized carbons (Fsp3) is 0.364. The first-order chi connectivity index (χ1) is 15.8. The summed E-state index contributed by atoms with van der Waals surface area (Å²) in [7, 11) is -0.891. The third-order valence-electron chi connectivity index (χ3n) is 5.05. The number of methoxy groups -OCH3 is 2. The summed E-state index contributed by atoms with van der Waals surface area (Å²) in [6, 6.07) is 9.21. The molecule has 33 heavy (non-hydrogen) atoms. The van der Waals surface area contributed by atoms with Gasteiger partial charge in [0.05, 0.1) is 32.3 Å². The number of nitrogens with one attached hydrogen (secondary N) is 1. The molecule has 0 bridgehead atoms. The standard InChI is InChI=1S/C22H26N2O8S/c1-15-7-8-16(33(27,28)24-9-11-31-12-10-24)13-18(15)23-20(25)14-32-22(26)17-5-4-6-19(29-2)21(17)30-3/h4-8,13H,9-12,14H2,1-3H3,(H,23,25). The molecule has 0 radical (unpaired) electrons. The molecular formula is C22H26N2O8S. The number of carbonyl (C=O) groups is 2. The fourth-order valence-corrected chi connectivity index (χ4v) is 4.71. The Kier molecular flexibility index (Phi) is 7.90. The predicted octanol–water partition coefficient (Wildman–Crippen LogP) is 1.83. The molecule has 1 amide bonds. The van der Waals surface area contributed by atoms with E-state index < -0.39 is 28.5 Å². The van der Waals surface area contributed by atoms with E-state index in [0.717, 1.165) is 0 Å². The Morgan fingerprint density at radius 1 is 1.09 bits per heavy atom. The van der Waals surface area contributed by atoms with Gasteiger partial charge in [-0.1, -0.05) is 12.1 Å². The van der Waals surface area contributed by atoms with Crippen LogP contribution in [0.25, 0.3) is 0 Å². The minimum atomic E-state index is -3.72. The van der Waals surface area contributed by atoms with Gasteiger partial charge in [0, 0.05) is 18.8 Å². The van der Waals surface area contributed by atoms with Crippen LogP contribution >= 0.6 is 0 Å². The molecule has 1 aliphatic heterocycles. The van der Waals surface area contributed by atoms with Gasteiger partial charge in [-0.2, -0.15) is 4.31 Å². The molecule has 0 aliphatic carbocycles. The molecule has 2 aromatic rings. The second kappa shape index (κ2) is 10.6. The highest BCUT2D eigenvalue weighted by molar-refractivity contribution is 7.89. The molecular weight excluding hydrogens is 452 g/mol. The van der Waals surface area contributed by atoms with Crippen LogP contribution < -0.4 is 14.8 Å². The summed E-state index contributed by atoms with van der Waals surface area (Å²) in [4.78, 5) is 24.9. The van der Waals surface area contributed by atoms with E-state index in [0.29, 0.717) is 30.2 Å². The van der Waals surface area contributed by atoms with Crippen molar-refractivity contribution in [2.75, 3.05) is 52.4 Å². The number of amides is 1. The quantitative estimate of drug-likeness (QED) is 0.571. The first-order valence-electron chi connectivity index (χ1n) is 10.1. The van der Waals surface area contributed by atoms with Crippen LogP contribution in [0.5, 0.6) is 11.5 Å². The molecule has 1 heterocycles. The summed E-state index contributed by atoms with van der Waals surface area (Å²) in [6.07, 6.45) is 0. The van der Waals surface area contributed by atoms with E-state index in [2.05, 4.69) is 5.32 Å². The summed E-state index contributed by atoms with van der Waals surface area (Å²) in [5.74, 6) is -0.830. The van der Waals surface area contributed by atoms with E-state index in [1.54, 1.807) is 25.1 Å². The minimum Gasteiger partial charge on any atom is -0.493 e. The number of hydrogen-bond donors (Lipinski definition) is 1. The maximum atomic E-state index is 12.9. The van der Waals surface area contributed by atoms with E-state index >= 15 is 0 Å². The number of sulfonamides is 1. The second-order valence-corrected chi connectivity index (χ2v) is 9.10. The smallest absolute Gasteiger partial charge is 0.342 e. The number of ether oxygens (including phenoxy) is 4. The Morgan fingerprint density at radius 3 is 2.48 bits per heavy atom. The highest BCUT2D eigenvalue weighted by Gasteiger charge is 2.27. The normalized spacial score (nSPS) is 14.4. The topological polar surface area (TPSA) is 120 Å². The number of para-hydroxylation sites is 1. The largest absolute Gasteiger partial charge is 0.493 e. The highest BCUT2D eigenvalue weighted by atomic mass is 32.2. The molecule has 0 atom stereocenters. The lowest BCUT2D eigenvalue weighted by Gasteiger charge is -2.26. The third kappa shape index (κ3) is 5.62. The van der Waals surface area contributed by atoms with Gasteiger partial charge in [-0.05, 0) is 36.8 Å². The number of carbonyl (C=O) groups excluding carboxylic acids is 2. The molecule has 0 saturated carbocycles. The van der Waals surface area contributed by atoms with Crippen LogP contribution in [0.3, 0.4) is 0 Å². The molecule has 178 valence electrons. The van der Waals surface area contributed by atoms with Gasteiger partial charge in [0.2, 0.25) is 10.0 Å². The zero-order chi connectivity index (χ0) is 24.0. The van der Waals surface area contributed by atoms with Gasteiger partial charge in [-0.15, -0.1) is 0 Å². The second-order valence-electron chi connectivity index (χ2n) is 7.16. The number of nitrogens with zero attached hydrogens (tertiary/aromatic N) is 1. The molecule has 0 unspecified atom stereocenters. The molecule has 1 fully saturated rings. The number of benzene rings is 2. The zero-order valence-corrected chi connectivity index (χ0v) is 19.4. The number of rotatable bonds is 8. The average Bonchev–Trinajstić information content (AvgIpc) is 2.83. The van der Waals surface area contributed by atoms with E-state index in [4.69, 9.17) is 18.9 Å². The Labute approximate surface area is 192 Å². The highest BCUT2D eigenvalue weighted by Crippen LogP contribution is 2.31. The fourth-order valence-electron chi connectivity index (χ4n) is 3.28. The summed E-state index contributed by atoms with van der Waals surface area (Å²) >= 11 is 0. The Morgan fingerprint density at radius 2 is 1.82 bits per heavy atom. The summed E-state index contributed by atoms with van der Waals surface area (Å²) in [5, 5.41) is 2.60. The summed E-state index contributed by atoms with van der Waals surface area (Å²) < 4.78 is 47.8. The van der Waals surface area contributed by atoms with Crippen molar-refractivity contribution in [2.45, 2.75) is 11.8 Å². The number of hydrogen-bond acceptors (Lipinski definition) is 8. The van der Waals surface area contributed by atoms with E-state index in [-0.39, 0.29) is 29.3 Å². The average molecular weight is 479 g/mol. The van der Waals surface area contributed by atoms with E-state index in [1.807, 2.05) is 0 Å². The van der Waals surface area contributed by atoms with Gasteiger partial charge in [0.1, 0.15) is 5.56 Å². The van der Waals surface area contributed by atoms with Gasteiger partial charge < -0.3 is 24.3 Å². The van der Waals surface area contributed by atoms with Gasteiger partial charge >= 0.3 is 5.97 Å². The number of esters is 1. The molecule has 1 N–H and O–H groups in total. The third-order valence-corrected chi connectivity index (χ3v) is 6.94. The van der Waals surface area contributed by atoms with E-state index in [9.17, 15) is 18.0 Å². The van der Waals surface area contributed by atoms with Crippen LogP contribution in [0, 0.1) is 6.92 Å². The molecule has 1 saturated heterocycles. The number of aryl methyl sites for hydroxylation is 1. The van der Waals surface area contributed by atoms with E-state index in [1.165, 1.54) is 36.7 Å². The molecule has 0 aromatic heterocycles. The van der Waals surface area contributed by atoms with Crippen molar-refractivity contribution >= 4 is 27.6 Å². The van der Waals surface area contributed by atoms with Crippen LogP contribution in [-0.2, 0) is 24.3 Å². The Hall–Kier alpha value is -3.15. The first kappa shape index (κ1) is 24.5. The maximum Gasteiger partial charge on any atom is 0.342 e. The van der Waals surface area contributed by atoms with Gasteiger partial charge in [0.25, 0.3) is 5.91 Å². The lowest BCUT2D eigenvalue weighted by Crippen LogP contribution is -2.40. The number of anilines is 1. The van der Waals surface area contributed by atoms with Crippen LogP contribution in [0.4, 0.5) is 5.69 Å². The lowest BCUT2D eigenvalue weighted by atomic mass is 10.2. The van der Waals surface area contributed by atoms with Crippen molar-refractivity contribution in [1.82, 2.24) is 4.31 Å². The van der Waals surface area contributed by atoms with Crippen LogP contribution in [0.2, 0.25) is 0 Å². The van der Waals surface area contributed by atoms with Crippen molar-refractivity contribution in [3.63, 3.8) is 0 Å². The summed E-state index contributed by atoms with van der Waals surface area (Å²) in [5.41, 5.74) is 1.08. The zero-order valence-electron chi connectivity index (χ0n) is 18.6. The molecule has 2 aromatic carbocycles. The SMILES string of the molecule is COc1cccc(C(=O)OCC(=O)Nc2cc(S(=O)(=O)N3CCOCC3)ccc2C)c1OC. The predicted molar refractivity (Wildman–Crippen MR) is 119 cm³/mol. The van der Waals surface area contributed by atoms with Crippen LogP contribution in [0.15, 0.2) is 41.3 Å². The number of morpholine rings is 1. The molecule has 0 spiro atoms.